The molecular weight excluding hydrogens is 376 g/mol. The summed E-state index contributed by atoms with van der Waals surface area (Å²) < 4.78 is 13.1. The normalized spacial score (nSPS) is 11.5. The number of esters is 1. The van der Waals surface area contributed by atoms with Gasteiger partial charge in [0.2, 0.25) is 0 Å². The van der Waals surface area contributed by atoms with Gasteiger partial charge in [0.25, 0.3) is 0 Å². The van der Waals surface area contributed by atoms with Crippen LogP contribution in [0, 0.1) is 6.92 Å². The van der Waals surface area contributed by atoms with Crippen LogP contribution in [0.4, 0.5) is 0 Å². The van der Waals surface area contributed by atoms with Crippen LogP contribution in [0.15, 0.2) is 60.8 Å². The molecule has 0 bridgehead atoms. The molecule has 0 aliphatic rings. The molecule has 1 aromatic heterocycles. The predicted octanol–water partition coefficient (Wildman–Crippen LogP) is 5.24. The van der Waals surface area contributed by atoms with E-state index in [-0.39, 0.29) is 11.4 Å². The van der Waals surface area contributed by atoms with Gasteiger partial charge < -0.3 is 9.47 Å². The first-order valence-electron chi connectivity index (χ1n) is 10.4. The van der Waals surface area contributed by atoms with Crippen molar-refractivity contribution in [3.63, 3.8) is 0 Å². The van der Waals surface area contributed by atoms with Crippen molar-refractivity contribution in [3.8, 4) is 5.69 Å². The molecule has 3 rings (SSSR count). The third kappa shape index (κ3) is 4.97. The number of rotatable bonds is 9. The van der Waals surface area contributed by atoms with Crippen LogP contribution in [0.3, 0.4) is 0 Å². The third-order valence-corrected chi connectivity index (χ3v) is 5.23. The second-order valence-electron chi connectivity index (χ2n) is 8.00. The number of para-hydroxylation sites is 1. The first-order chi connectivity index (χ1) is 14.4. The lowest BCUT2D eigenvalue weighted by atomic mass is 9.83. The minimum absolute atomic E-state index is 0.328. The molecule has 5 nitrogen and oxygen atoms in total. The van der Waals surface area contributed by atoms with Crippen molar-refractivity contribution in [2.24, 2.45) is 0 Å². The quantitative estimate of drug-likeness (QED) is 0.360. The smallest absolute Gasteiger partial charge is 0.341 e. The zero-order valence-electron chi connectivity index (χ0n) is 18.2. The number of carbonyl (C=O) groups is 1. The monoisotopic (exact) mass is 406 g/mol. The van der Waals surface area contributed by atoms with Crippen LogP contribution in [0.2, 0.25) is 0 Å². The van der Waals surface area contributed by atoms with Gasteiger partial charge in [-0.25, -0.2) is 9.48 Å². The first-order valence-corrected chi connectivity index (χ1v) is 10.4. The Labute approximate surface area is 178 Å². The summed E-state index contributed by atoms with van der Waals surface area (Å²) in [4.78, 5) is 12.6. The Morgan fingerprint density at radius 1 is 1.07 bits per heavy atom. The molecule has 5 heteroatoms. The second-order valence-corrected chi connectivity index (χ2v) is 8.00. The molecule has 0 N–H and O–H groups in total. The molecule has 0 spiro atoms. The highest BCUT2D eigenvalue weighted by atomic mass is 16.5. The Morgan fingerprint density at radius 2 is 1.77 bits per heavy atom. The summed E-state index contributed by atoms with van der Waals surface area (Å²) in [6.07, 6.45) is 2.36. The predicted molar refractivity (Wildman–Crippen MR) is 118 cm³/mol. The zero-order valence-corrected chi connectivity index (χ0v) is 18.2. The Hall–Kier alpha value is -2.92. The van der Waals surface area contributed by atoms with Gasteiger partial charge in [0, 0.05) is 12.0 Å². The lowest BCUT2D eigenvalue weighted by Crippen LogP contribution is -2.27. The van der Waals surface area contributed by atoms with Crippen molar-refractivity contribution >= 4 is 5.97 Å². The highest BCUT2D eigenvalue weighted by Crippen LogP contribution is 2.33. The van der Waals surface area contributed by atoms with E-state index in [1.54, 1.807) is 6.20 Å². The minimum atomic E-state index is -0.350. The zero-order chi connectivity index (χ0) is 21.6. The van der Waals surface area contributed by atoms with E-state index < -0.39 is 0 Å². The standard InChI is InChI=1S/C25H30N2O3/c1-5-30-24(28)21-17-26-27(22-14-10-9-11-19(22)2)23(21)25(3,4)15-16-29-18-20-12-7-6-8-13-20/h6-14,17H,5,15-16,18H2,1-4H3. The number of hydrogen-bond acceptors (Lipinski definition) is 4. The summed E-state index contributed by atoms with van der Waals surface area (Å²) in [6, 6.07) is 18.2. The van der Waals surface area contributed by atoms with Gasteiger partial charge in [0.05, 0.1) is 30.8 Å². The lowest BCUT2D eigenvalue weighted by molar-refractivity contribution is 0.0521. The maximum atomic E-state index is 12.6. The van der Waals surface area contributed by atoms with Crippen molar-refractivity contribution in [3.05, 3.63) is 83.2 Å². The topological polar surface area (TPSA) is 53.3 Å². The largest absolute Gasteiger partial charge is 0.462 e. The van der Waals surface area contributed by atoms with E-state index >= 15 is 0 Å². The van der Waals surface area contributed by atoms with Gasteiger partial charge in [-0.15, -0.1) is 0 Å². The van der Waals surface area contributed by atoms with Crippen molar-refractivity contribution in [1.29, 1.82) is 0 Å². The van der Waals surface area contributed by atoms with Gasteiger partial charge in [-0.1, -0.05) is 62.4 Å². The summed E-state index contributed by atoms with van der Waals surface area (Å²) >= 11 is 0. The molecule has 158 valence electrons. The second kappa shape index (κ2) is 9.72. The number of nitrogens with zero attached hydrogens (tertiary/aromatic N) is 2. The minimum Gasteiger partial charge on any atom is -0.462 e. The van der Waals surface area contributed by atoms with Crippen LogP contribution < -0.4 is 0 Å². The fourth-order valence-corrected chi connectivity index (χ4v) is 3.55. The molecule has 0 saturated carbocycles. The lowest BCUT2D eigenvalue weighted by Gasteiger charge is -2.27. The van der Waals surface area contributed by atoms with Gasteiger partial charge >= 0.3 is 5.97 Å². The Bertz CT molecular complexity index is 977. The first kappa shape index (κ1) is 21.8. The summed E-state index contributed by atoms with van der Waals surface area (Å²) in [5, 5.41) is 4.57. The molecule has 0 radical (unpaired) electrons. The number of carbonyl (C=O) groups excluding carboxylic acids is 1. The maximum Gasteiger partial charge on any atom is 0.341 e. The van der Waals surface area contributed by atoms with Crippen LogP contribution in [0.25, 0.3) is 5.69 Å². The van der Waals surface area contributed by atoms with E-state index in [0.29, 0.717) is 25.4 Å². The van der Waals surface area contributed by atoms with E-state index in [1.807, 2.05) is 61.0 Å². The molecular formula is C25H30N2O3. The van der Waals surface area contributed by atoms with Gasteiger partial charge in [0.1, 0.15) is 5.56 Å². The fraction of sp³-hybridized carbons (Fsp3) is 0.360. The number of ether oxygens (including phenoxy) is 2. The fourth-order valence-electron chi connectivity index (χ4n) is 3.55. The summed E-state index contributed by atoms with van der Waals surface area (Å²) in [7, 11) is 0. The number of hydrogen-bond donors (Lipinski definition) is 0. The molecule has 30 heavy (non-hydrogen) atoms. The molecule has 1 heterocycles. The molecule has 0 fully saturated rings. The van der Waals surface area contributed by atoms with Crippen molar-refractivity contribution < 1.29 is 14.3 Å². The average molecular weight is 407 g/mol. The van der Waals surface area contributed by atoms with E-state index in [0.717, 1.165) is 28.9 Å². The highest BCUT2D eigenvalue weighted by molar-refractivity contribution is 5.91. The maximum absolute atomic E-state index is 12.6. The molecule has 0 aliphatic carbocycles. The van der Waals surface area contributed by atoms with E-state index in [4.69, 9.17) is 9.47 Å². The van der Waals surface area contributed by atoms with Crippen LogP contribution in [-0.2, 0) is 21.5 Å². The van der Waals surface area contributed by atoms with E-state index in [9.17, 15) is 4.79 Å². The van der Waals surface area contributed by atoms with Crippen molar-refractivity contribution in [1.82, 2.24) is 9.78 Å². The van der Waals surface area contributed by atoms with Crippen LogP contribution in [-0.4, -0.2) is 29.0 Å². The summed E-state index contributed by atoms with van der Waals surface area (Å²) in [5.74, 6) is -0.342. The molecule has 2 aromatic carbocycles. The number of aryl methyl sites for hydroxylation is 1. The van der Waals surface area contributed by atoms with Gasteiger partial charge in [-0.3, -0.25) is 0 Å². The average Bonchev–Trinajstić information content (AvgIpc) is 3.19. The molecule has 3 aromatic rings. The Morgan fingerprint density at radius 3 is 2.47 bits per heavy atom. The van der Waals surface area contributed by atoms with E-state index in [1.165, 1.54) is 0 Å². The SMILES string of the molecule is CCOC(=O)c1cnn(-c2ccccc2C)c1C(C)(C)CCOCc1ccccc1. The molecule has 0 atom stereocenters. The van der Waals surface area contributed by atoms with Crippen LogP contribution in [0.1, 0.15) is 54.4 Å². The summed E-state index contributed by atoms with van der Waals surface area (Å²) in [6.45, 7) is 9.56. The number of benzene rings is 2. The van der Waals surface area contributed by atoms with E-state index in [2.05, 4.69) is 31.1 Å². The Kier molecular flexibility index (Phi) is 7.06. The molecule has 0 saturated heterocycles. The molecule has 0 unspecified atom stereocenters. The van der Waals surface area contributed by atoms with Crippen LogP contribution >= 0.6 is 0 Å². The number of aromatic nitrogens is 2. The molecule has 0 amide bonds. The van der Waals surface area contributed by atoms with Crippen molar-refractivity contribution in [2.45, 2.75) is 46.1 Å². The van der Waals surface area contributed by atoms with Gasteiger partial charge in [-0.2, -0.15) is 5.10 Å². The Balaban J connectivity index is 1.86. The van der Waals surface area contributed by atoms with Crippen LogP contribution in [0.5, 0.6) is 0 Å². The molecule has 0 aliphatic heterocycles. The van der Waals surface area contributed by atoms with Crippen molar-refractivity contribution in [2.75, 3.05) is 13.2 Å². The summed E-state index contributed by atoms with van der Waals surface area (Å²) in [5.41, 5.74) is 4.20. The third-order valence-electron chi connectivity index (χ3n) is 5.23. The van der Waals surface area contributed by atoms with Gasteiger partial charge in [-0.05, 0) is 37.5 Å². The van der Waals surface area contributed by atoms with Gasteiger partial charge in [0.15, 0.2) is 0 Å². The highest BCUT2D eigenvalue weighted by Gasteiger charge is 2.32.